The Hall–Kier alpha value is -2.05. The van der Waals surface area contributed by atoms with Gasteiger partial charge in [-0.05, 0) is 18.2 Å². The van der Waals surface area contributed by atoms with Gasteiger partial charge < -0.3 is 10.1 Å². The standard InChI is InChI=1S/C12H9NO4S/c14-11-3-1-2-9-8-5-4-7(18(15,16)17)6-10(8)13-12(9)11/h1-6,13-14H,(H,15,16,17). The van der Waals surface area contributed by atoms with Gasteiger partial charge in [0.25, 0.3) is 10.1 Å². The van der Waals surface area contributed by atoms with Crippen molar-refractivity contribution in [3.05, 3.63) is 36.4 Å². The van der Waals surface area contributed by atoms with Crippen LogP contribution in [0.5, 0.6) is 5.75 Å². The number of phenolic OH excluding ortho intramolecular Hbond substituents is 1. The molecule has 0 spiro atoms. The van der Waals surface area contributed by atoms with Crippen LogP contribution < -0.4 is 0 Å². The largest absolute Gasteiger partial charge is 0.506 e. The zero-order valence-electron chi connectivity index (χ0n) is 9.08. The fraction of sp³-hybridized carbons (Fsp3) is 0. The predicted octanol–water partition coefficient (Wildman–Crippen LogP) is 2.27. The van der Waals surface area contributed by atoms with Crippen LogP contribution >= 0.6 is 0 Å². The van der Waals surface area contributed by atoms with E-state index in [1.807, 2.05) is 6.07 Å². The highest BCUT2D eigenvalue weighted by Crippen LogP contribution is 2.31. The number of benzene rings is 2. The van der Waals surface area contributed by atoms with E-state index in [0.717, 1.165) is 10.8 Å². The summed E-state index contributed by atoms with van der Waals surface area (Å²) >= 11 is 0. The number of hydrogen-bond acceptors (Lipinski definition) is 3. The summed E-state index contributed by atoms with van der Waals surface area (Å²) in [6.07, 6.45) is 0. The molecule has 0 aliphatic heterocycles. The van der Waals surface area contributed by atoms with Crippen LogP contribution in [0.3, 0.4) is 0 Å². The third kappa shape index (κ3) is 1.54. The topological polar surface area (TPSA) is 90.4 Å². The highest BCUT2D eigenvalue weighted by Gasteiger charge is 2.13. The van der Waals surface area contributed by atoms with E-state index < -0.39 is 10.1 Å². The van der Waals surface area contributed by atoms with E-state index in [1.54, 1.807) is 18.2 Å². The second kappa shape index (κ2) is 3.47. The van der Waals surface area contributed by atoms with Crippen LogP contribution in [0.1, 0.15) is 0 Å². The van der Waals surface area contributed by atoms with Crippen molar-refractivity contribution >= 4 is 31.9 Å². The minimum absolute atomic E-state index is 0.0945. The molecule has 3 rings (SSSR count). The van der Waals surface area contributed by atoms with Gasteiger partial charge in [-0.3, -0.25) is 4.55 Å². The first-order valence-corrected chi connectivity index (χ1v) is 6.62. The summed E-state index contributed by atoms with van der Waals surface area (Å²) in [6.45, 7) is 0. The molecule has 5 nitrogen and oxygen atoms in total. The van der Waals surface area contributed by atoms with Crippen LogP contribution in [0.4, 0.5) is 0 Å². The van der Waals surface area contributed by atoms with Crippen molar-refractivity contribution < 1.29 is 18.1 Å². The monoisotopic (exact) mass is 263 g/mol. The Balaban J connectivity index is 2.44. The highest BCUT2D eigenvalue weighted by molar-refractivity contribution is 7.85. The SMILES string of the molecule is O=S(=O)(O)c1ccc2c(c1)[nH]c1c(O)cccc12. The van der Waals surface area contributed by atoms with Gasteiger partial charge in [-0.1, -0.05) is 18.2 Å². The average molecular weight is 263 g/mol. The van der Waals surface area contributed by atoms with Crippen molar-refractivity contribution in [1.82, 2.24) is 4.98 Å². The molecule has 0 saturated carbocycles. The second-order valence-electron chi connectivity index (χ2n) is 4.01. The van der Waals surface area contributed by atoms with Crippen molar-refractivity contribution in [3.8, 4) is 5.75 Å². The zero-order chi connectivity index (χ0) is 12.9. The number of H-pyrrole nitrogens is 1. The molecule has 0 radical (unpaired) electrons. The van der Waals surface area contributed by atoms with Crippen molar-refractivity contribution in [3.63, 3.8) is 0 Å². The quantitative estimate of drug-likeness (QED) is 0.587. The molecule has 0 bridgehead atoms. The van der Waals surface area contributed by atoms with Gasteiger partial charge in [0.15, 0.2) is 0 Å². The molecule has 0 aliphatic rings. The molecule has 3 aromatic rings. The Morgan fingerprint density at radius 1 is 1.06 bits per heavy atom. The van der Waals surface area contributed by atoms with Crippen molar-refractivity contribution in [2.45, 2.75) is 4.90 Å². The van der Waals surface area contributed by atoms with E-state index in [1.165, 1.54) is 12.1 Å². The highest BCUT2D eigenvalue weighted by atomic mass is 32.2. The van der Waals surface area contributed by atoms with Crippen LogP contribution in [-0.4, -0.2) is 23.1 Å². The lowest BCUT2D eigenvalue weighted by Crippen LogP contribution is -1.97. The third-order valence-electron chi connectivity index (χ3n) is 2.88. The Labute approximate surface area is 102 Å². The normalized spacial score (nSPS) is 12.3. The summed E-state index contributed by atoms with van der Waals surface area (Å²) in [7, 11) is -4.22. The zero-order valence-corrected chi connectivity index (χ0v) is 9.90. The molecule has 1 heterocycles. The van der Waals surface area contributed by atoms with Gasteiger partial charge >= 0.3 is 0 Å². The lowest BCUT2D eigenvalue weighted by atomic mass is 10.1. The van der Waals surface area contributed by atoms with Gasteiger partial charge in [0.2, 0.25) is 0 Å². The first-order chi connectivity index (χ1) is 8.47. The Morgan fingerprint density at radius 2 is 1.83 bits per heavy atom. The number of phenols is 1. The van der Waals surface area contributed by atoms with Gasteiger partial charge in [0, 0.05) is 16.3 Å². The molecular weight excluding hydrogens is 254 g/mol. The maximum atomic E-state index is 11.1. The fourth-order valence-corrected chi connectivity index (χ4v) is 2.56. The number of nitrogens with one attached hydrogen (secondary N) is 1. The summed E-state index contributed by atoms with van der Waals surface area (Å²) in [5.74, 6) is 0.0945. The van der Waals surface area contributed by atoms with Crippen LogP contribution in [0.15, 0.2) is 41.3 Å². The Bertz CT molecular complexity index is 864. The number of aromatic hydroxyl groups is 1. The molecule has 0 atom stereocenters. The molecule has 92 valence electrons. The average Bonchev–Trinajstić information content (AvgIpc) is 2.67. The summed E-state index contributed by atoms with van der Waals surface area (Å²) in [4.78, 5) is 2.75. The number of hydrogen-bond donors (Lipinski definition) is 3. The minimum atomic E-state index is -4.22. The van der Waals surface area contributed by atoms with E-state index in [0.29, 0.717) is 11.0 Å². The second-order valence-corrected chi connectivity index (χ2v) is 5.43. The number of aromatic amines is 1. The summed E-state index contributed by atoms with van der Waals surface area (Å²) in [5, 5.41) is 11.3. The van der Waals surface area contributed by atoms with Gasteiger partial charge in [-0.2, -0.15) is 8.42 Å². The molecule has 1 aromatic heterocycles. The molecule has 18 heavy (non-hydrogen) atoms. The molecule has 3 N–H and O–H groups in total. The van der Waals surface area contributed by atoms with E-state index >= 15 is 0 Å². The molecular formula is C12H9NO4S. The summed E-state index contributed by atoms with van der Waals surface area (Å²) < 4.78 is 31.1. The summed E-state index contributed by atoms with van der Waals surface area (Å²) in [6, 6.07) is 9.33. The van der Waals surface area contributed by atoms with Crippen molar-refractivity contribution in [2.75, 3.05) is 0 Å². The minimum Gasteiger partial charge on any atom is -0.506 e. The molecule has 0 unspecified atom stereocenters. The fourth-order valence-electron chi connectivity index (χ4n) is 2.05. The van der Waals surface area contributed by atoms with Gasteiger partial charge in [-0.15, -0.1) is 0 Å². The maximum absolute atomic E-state index is 11.1. The van der Waals surface area contributed by atoms with Crippen molar-refractivity contribution in [1.29, 1.82) is 0 Å². The van der Waals surface area contributed by atoms with Gasteiger partial charge in [-0.25, -0.2) is 0 Å². The van der Waals surface area contributed by atoms with Crippen LogP contribution in [0.25, 0.3) is 21.8 Å². The molecule has 0 fully saturated rings. The number of fused-ring (bicyclic) bond motifs is 3. The number of aromatic nitrogens is 1. The smallest absolute Gasteiger partial charge is 0.294 e. The lowest BCUT2D eigenvalue weighted by Gasteiger charge is -1.96. The molecule has 2 aromatic carbocycles. The first-order valence-electron chi connectivity index (χ1n) is 5.18. The molecule has 0 saturated heterocycles. The van der Waals surface area contributed by atoms with Crippen LogP contribution in [0.2, 0.25) is 0 Å². The van der Waals surface area contributed by atoms with E-state index in [4.69, 9.17) is 4.55 Å². The van der Waals surface area contributed by atoms with E-state index in [-0.39, 0.29) is 10.6 Å². The number of rotatable bonds is 1. The Kier molecular flexibility index (Phi) is 2.13. The van der Waals surface area contributed by atoms with Gasteiger partial charge in [0.1, 0.15) is 5.75 Å². The third-order valence-corrected chi connectivity index (χ3v) is 3.73. The van der Waals surface area contributed by atoms with Crippen LogP contribution in [0, 0.1) is 0 Å². The maximum Gasteiger partial charge on any atom is 0.294 e. The van der Waals surface area contributed by atoms with Gasteiger partial charge in [0.05, 0.1) is 10.4 Å². The van der Waals surface area contributed by atoms with E-state index in [9.17, 15) is 13.5 Å². The van der Waals surface area contributed by atoms with Crippen LogP contribution in [-0.2, 0) is 10.1 Å². The van der Waals surface area contributed by atoms with E-state index in [2.05, 4.69) is 4.98 Å². The summed E-state index contributed by atoms with van der Waals surface area (Å²) in [5.41, 5.74) is 1.08. The molecule has 0 aliphatic carbocycles. The molecule has 6 heteroatoms. The predicted molar refractivity (Wildman–Crippen MR) is 67.3 cm³/mol. The lowest BCUT2D eigenvalue weighted by molar-refractivity contribution is 0.480. The first kappa shape index (κ1) is 11.1. The number of para-hydroxylation sites is 1. The Morgan fingerprint density at radius 3 is 2.56 bits per heavy atom. The van der Waals surface area contributed by atoms with Crippen molar-refractivity contribution in [2.24, 2.45) is 0 Å². The molecule has 0 amide bonds.